The zero-order valence-corrected chi connectivity index (χ0v) is 9.76. The van der Waals surface area contributed by atoms with E-state index in [0.717, 1.165) is 6.07 Å². The van der Waals surface area contributed by atoms with E-state index in [1.807, 2.05) is 0 Å². The summed E-state index contributed by atoms with van der Waals surface area (Å²) < 4.78 is 18.5. The van der Waals surface area contributed by atoms with Gasteiger partial charge >= 0.3 is 6.09 Å². The molecule has 0 radical (unpaired) electrons. The van der Waals surface area contributed by atoms with Gasteiger partial charge in [-0.05, 0) is 24.3 Å². The molecule has 0 aliphatic carbocycles. The molecular weight excluding hydrogens is 247 g/mol. The molecule has 0 saturated heterocycles. The number of ether oxygens (including phenoxy) is 1. The maximum absolute atomic E-state index is 13.5. The summed E-state index contributed by atoms with van der Waals surface area (Å²) in [6, 6.07) is 14.1. The molecule has 2 aromatic rings. The quantitative estimate of drug-likeness (QED) is 0.896. The number of rotatable bonds is 2. The van der Waals surface area contributed by atoms with Gasteiger partial charge in [0, 0.05) is 0 Å². The minimum Gasteiger partial charge on any atom is -0.410 e. The van der Waals surface area contributed by atoms with Crippen molar-refractivity contribution in [2.75, 3.05) is 5.32 Å². The van der Waals surface area contributed by atoms with E-state index < -0.39 is 11.9 Å². The Kier molecular flexibility index (Phi) is 3.74. The van der Waals surface area contributed by atoms with E-state index in [-0.39, 0.29) is 11.3 Å². The first-order valence-corrected chi connectivity index (χ1v) is 5.43. The first kappa shape index (κ1) is 12.6. The molecule has 0 fully saturated rings. The van der Waals surface area contributed by atoms with E-state index >= 15 is 0 Å². The van der Waals surface area contributed by atoms with Crippen LogP contribution in [0.1, 0.15) is 5.56 Å². The highest BCUT2D eigenvalue weighted by Gasteiger charge is 2.12. The Morgan fingerprint density at radius 2 is 1.89 bits per heavy atom. The summed E-state index contributed by atoms with van der Waals surface area (Å²) in [6.07, 6.45) is -0.854. The minimum atomic E-state index is -0.854. The van der Waals surface area contributed by atoms with Crippen LogP contribution in [0.2, 0.25) is 0 Å². The molecule has 0 bridgehead atoms. The van der Waals surface area contributed by atoms with Crippen molar-refractivity contribution in [1.82, 2.24) is 0 Å². The molecule has 0 aliphatic heterocycles. The van der Waals surface area contributed by atoms with Crippen molar-refractivity contribution in [3.05, 3.63) is 59.9 Å². The molecule has 19 heavy (non-hydrogen) atoms. The lowest BCUT2D eigenvalue weighted by Gasteiger charge is -2.08. The van der Waals surface area contributed by atoms with Gasteiger partial charge in [0.1, 0.15) is 17.6 Å². The summed E-state index contributed by atoms with van der Waals surface area (Å²) in [5.41, 5.74) is -0.157. The number of nitrogens with zero attached hydrogens (tertiary/aromatic N) is 1. The number of amides is 1. The lowest BCUT2D eigenvalue weighted by molar-refractivity contribution is 0.215. The molecule has 2 aromatic carbocycles. The van der Waals surface area contributed by atoms with Crippen LogP contribution in [0.5, 0.6) is 5.75 Å². The monoisotopic (exact) mass is 256 g/mol. The van der Waals surface area contributed by atoms with Gasteiger partial charge in [-0.1, -0.05) is 24.3 Å². The molecule has 5 heteroatoms. The first-order chi connectivity index (χ1) is 9.20. The fraction of sp³-hybridized carbons (Fsp3) is 0. The number of nitriles is 1. The minimum absolute atomic E-state index is 0.0324. The molecule has 2 rings (SSSR count). The van der Waals surface area contributed by atoms with Crippen LogP contribution < -0.4 is 10.1 Å². The van der Waals surface area contributed by atoms with E-state index in [0.29, 0.717) is 5.75 Å². The Hall–Kier alpha value is -2.87. The molecule has 0 aromatic heterocycles. The Morgan fingerprint density at radius 3 is 2.58 bits per heavy atom. The number of anilines is 1. The molecule has 1 amide bonds. The fourth-order valence-corrected chi connectivity index (χ4v) is 1.47. The summed E-state index contributed by atoms with van der Waals surface area (Å²) in [5, 5.41) is 11.1. The third-order valence-corrected chi connectivity index (χ3v) is 2.31. The lowest BCUT2D eigenvalue weighted by Crippen LogP contribution is -2.18. The zero-order valence-electron chi connectivity index (χ0n) is 9.76. The van der Waals surface area contributed by atoms with Crippen molar-refractivity contribution in [3.8, 4) is 11.8 Å². The average Bonchev–Trinajstić information content (AvgIpc) is 2.42. The van der Waals surface area contributed by atoms with Gasteiger partial charge in [-0.15, -0.1) is 0 Å². The molecule has 4 nitrogen and oxygen atoms in total. The standard InChI is InChI=1S/C14H9FN2O2/c15-12-8-4-5-10(9-16)13(12)17-14(18)19-11-6-2-1-3-7-11/h1-8H,(H,17,18). The topological polar surface area (TPSA) is 62.1 Å². The number of benzene rings is 2. The fourth-order valence-electron chi connectivity index (χ4n) is 1.47. The van der Waals surface area contributed by atoms with Crippen LogP contribution in [-0.4, -0.2) is 6.09 Å². The van der Waals surface area contributed by atoms with Gasteiger partial charge in [0.2, 0.25) is 0 Å². The Bertz CT molecular complexity index is 636. The number of carbonyl (C=O) groups is 1. The number of para-hydroxylation sites is 2. The second-order valence-corrected chi connectivity index (χ2v) is 3.60. The first-order valence-electron chi connectivity index (χ1n) is 5.43. The maximum atomic E-state index is 13.5. The van der Waals surface area contributed by atoms with Gasteiger partial charge in [0.05, 0.1) is 11.3 Å². The van der Waals surface area contributed by atoms with Gasteiger partial charge < -0.3 is 4.74 Å². The van der Waals surface area contributed by atoms with Gasteiger partial charge in [-0.25, -0.2) is 9.18 Å². The molecule has 0 unspecified atom stereocenters. The Labute approximate surface area is 109 Å². The molecule has 0 heterocycles. The van der Waals surface area contributed by atoms with Crippen LogP contribution in [0.25, 0.3) is 0 Å². The number of halogens is 1. The molecule has 94 valence electrons. The third kappa shape index (κ3) is 3.07. The van der Waals surface area contributed by atoms with Crippen LogP contribution in [-0.2, 0) is 0 Å². The SMILES string of the molecule is N#Cc1cccc(F)c1NC(=O)Oc1ccccc1. The predicted molar refractivity (Wildman–Crippen MR) is 67.2 cm³/mol. The molecule has 0 aliphatic rings. The normalized spacial score (nSPS) is 9.47. The van der Waals surface area contributed by atoms with E-state index in [1.54, 1.807) is 36.4 Å². The Balaban J connectivity index is 2.14. The van der Waals surface area contributed by atoms with Crippen molar-refractivity contribution in [1.29, 1.82) is 5.26 Å². The van der Waals surface area contributed by atoms with Gasteiger partial charge in [0.15, 0.2) is 0 Å². The Morgan fingerprint density at radius 1 is 1.16 bits per heavy atom. The second kappa shape index (κ2) is 5.65. The summed E-state index contributed by atoms with van der Waals surface area (Å²) in [7, 11) is 0. The number of hydrogen-bond donors (Lipinski definition) is 1. The van der Waals surface area contributed by atoms with Crippen molar-refractivity contribution in [2.45, 2.75) is 0 Å². The van der Waals surface area contributed by atoms with Crippen LogP contribution in [0.3, 0.4) is 0 Å². The smallest absolute Gasteiger partial charge is 0.410 e. The van der Waals surface area contributed by atoms with E-state index in [1.165, 1.54) is 12.1 Å². The third-order valence-electron chi connectivity index (χ3n) is 2.31. The van der Waals surface area contributed by atoms with E-state index in [2.05, 4.69) is 5.32 Å². The molecule has 1 N–H and O–H groups in total. The van der Waals surface area contributed by atoms with Crippen LogP contribution >= 0.6 is 0 Å². The highest BCUT2D eigenvalue weighted by atomic mass is 19.1. The van der Waals surface area contributed by atoms with E-state index in [4.69, 9.17) is 10.00 Å². The van der Waals surface area contributed by atoms with Crippen molar-refractivity contribution < 1.29 is 13.9 Å². The summed E-state index contributed by atoms with van der Waals surface area (Å²) in [6.45, 7) is 0. The number of carbonyl (C=O) groups excluding carboxylic acids is 1. The molecule has 0 spiro atoms. The lowest BCUT2D eigenvalue weighted by atomic mass is 10.2. The highest BCUT2D eigenvalue weighted by Crippen LogP contribution is 2.19. The van der Waals surface area contributed by atoms with Gasteiger partial charge in [0.25, 0.3) is 0 Å². The largest absolute Gasteiger partial charge is 0.417 e. The average molecular weight is 256 g/mol. The second-order valence-electron chi connectivity index (χ2n) is 3.60. The van der Waals surface area contributed by atoms with Crippen LogP contribution in [0.4, 0.5) is 14.9 Å². The van der Waals surface area contributed by atoms with Crippen molar-refractivity contribution >= 4 is 11.8 Å². The molecule has 0 atom stereocenters. The number of nitrogens with one attached hydrogen (secondary N) is 1. The van der Waals surface area contributed by atoms with E-state index in [9.17, 15) is 9.18 Å². The predicted octanol–water partition coefficient (Wildman–Crippen LogP) is 3.31. The summed E-state index contributed by atoms with van der Waals surface area (Å²) in [4.78, 5) is 11.6. The van der Waals surface area contributed by atoms with Crippen molar-refractivity contribution in [3.63, 3.8) is 0 Å². The summed E-state index contributed by atoms with van der Waals surface area (Å²) in [5.74, 6) is -0.362. The summed E-state index contributed by atoms with van der Waals surface area (Å²) >= 11 is 0. The molecule has 0 saturated carbocycles. The van der Waals surface area contributed by atoms with Crippen LogP contribution in [0.15, 0.2) is 48.5 Å². The van der Waals surface area contributed by atoms with Gasteiger partial charge in [-0.3, -0.25) is 5.32 Å². The van der Waals surface area contributed by atoms with Crippen molar-refractivity contribution in [2.24, 2.45) is 0 Å². The van der Waals surface area contributed by atoms with Gasteiger partial charge in [-0.2, -0.15) is 5.26 Å². The highest BCUT2D eigenvalue weighted by molar-refractivity contribution is 5.88. The zero-order chi connectivity index (χ0) is 13.7. The maximum Gasteiger partial charge on any atom is 0.417 e. The van der Waals surface area contributed by atoms with Crippen LogP contribution in [0, 0.1) is 17.1 Å². The number of hydrogen-bond acceptors (Lipinski definition) is 3. The molecular formula is C14H9FN2O2.